The highest BCUT2D eigenvalue weighted by Crippen LogP contribution is 2.28. The van der Waals surface area contributed by atoms with Gasteiger partial charge in [0.2, 0.25) is 0 Å². The fraction of sp³-hybridized carbons (Fsp3) is 0.278. The molecule has 1 heterocycles. The lowest BCUT2D eigenvalue weighted by atomic mass is 10.2. The van der Waals surface area contributed by atoms with Gasteiger partial charge in [0.25, 0.3) is 0 Å². The number of fused-ring (bicyclic) bond motifs is 1. The summed E-state index contributed by atoms with van der Waals surface area (Å²) in [6.45, 7) is 2.10. The molecule has 0 amide bonds. The number of anilines is 1. The number of aryl methyl sites for hydroxylation is 2. The highest BCUT2D eigenvalue weighted by atomic mass is 32.1. The van der Waals surface area contributed by atoms with Gasteiger partial charge in [-0.25, -0.2) is 4.57 Å². The van der Waals surface area contributed by atoms with Crippen molar-refractivity contribution in [2.45, 2.75) is 14.4 Å². The lowest BCUT2D eigenvalue weighted by molar-refractivity contribution is -0.627. The van der Waals surface area contributed by atoms with Crippen LogP contribution in [0.3, 0.4) is 0 Å². The molecule has 0 aliphatic carbocycles. The second-order valence-electron chi connectivity index (χ2n) is 5.53. The Morgan fingerprint density at radius 3 is 2.35 bits per heavy atom. The minimum Gasteiger partial charge on any atom is -0.378 e. The summed E-state index contributed by atoms with van der Waals surface area (Å²) in [6, 6.07) is 14.5. The number of hydrogen-bond acceptors (Lipinski definition) is 4. The first-order chi connectivity index (χ1) is 10.5. The number of hydrogen-bond donors (Lipinski definition) is 0. The first-order valence-corrected chi connectivity index (χ1v) is 7.94. The van der Waals surface area contributed by atoms with E-state index in [1.165, 1.54) is 15.8 Å². The first-order valence-electron chi connectivity index (χ1n) is 7.13. The standard InChI is InChI=1S/C17H19N4S.CH4/c1-12-5-10-15-16(11-12)22-17(21(15)4)19-18-13-6-8-14(9-7-13)20(2)3;/h5-11H,1-4H3;1H4/q+1;. The van der Waals surface area contributed by atoms with E-state index in [1.807, 2.05) is 45.4 Å². The Kier molecular flexibility index (Phi) is 5.11. The molecule has 0 aliphatic heterocycles. The van der Waals surface area contributed by atoms with Crippen molar-refractivity contribution in [3.8, 4) is 0 Å². The molecule has 0 atom stereocenters. The van der Waals surface area contributed by atoms with Gasteiger partial charge in [-0.15, -0.1) is 0 Å². The predicted octanol–water partition coefficient (Wildman–Crippen LogP) is 5.15. The normalized spacial score (nSPS) is 11.0. The van der Waals surface area contributed by atoms with E-state index in [0.717, 1.165) is 16.5 Å². The lowest BCUT2D eigenvalue weighted by Gasteiger charge is -2.11. The summed E-state index contributed by atoms with van der Waals surface area (Å²) < 4.78 is 3.32. The van der Waals surface area contributed by atoms with Gasteiger partial charge in [0.15, 0.2) is 0 Å². The number of thiazole rings is 1. The Balaban J connectivity index is 0.00000192. The van der Waals surface area contributed by atoms with E-state index in [9.17, 15) is 0 Å². The molecule has 0 saturated heterocycles. The van der Waals surface area contributed by atoms with Crippen molar-refractivity contribution in [1.82, 2.24) is 0 Å². The zero-order valence-electron chi connectivity index (χ0n) is 13.2. The Hall–Kier alpha value is -2.27. The number of azo groups is 1. The average molecular weight is 327 g/mol. The van der Waals surface area contributed by atoms with Crippen LogP contribution >= 0.6 is 11.3 Å². The van der Waals surface area contributed by atoms with Gasteiger partial charge >= 0.3 is 5.13 Å². The number of nitrogens with zero attached hydrogens (tertiary/aromatic N) is 4. The highest BCUT2D eigenvalue weighted by molar-refractivity contribution is 7.21. The van der Waals surface area contributed by atoms with E-state index in [4.69, 9.17) is 0 Å². The van der Waals surface area contributed by atoms with E-state index in [0.29, 0.717) is 0 Å². The van der Waals surface area contributed by atoms with Crippen LogP contribution in [-0.4, -0.2) is 14.1 Å². The van der Waals surface area contributed by atoms with Gasteiger partial charge < -0.3 is 4.90 Å². The van der Waals surface area contributed by atoms with Gasteiger partial charge in [-0.3, -0.25) is 0 Å². The molecular weight excluding hydrogens is 304 g/mol. The van der Waals surface area contributed by atoms with Gasteiger partial charge in [0.1, 0.15) is 11.2 Å². The maximum absolute atomic E-state index is 4.41. The first kappa shape index (κ1) is 17.1. The van der Waals surface area contributed by atoms with Crippen molar-refractivity contribution in [3.63, 3.8) is 0 Å². The zero-order valence-corrected chi connectivity index (χ0v) is 14.1. The molecule has 0 saturated carbocycles. The number of benzene rings is 2. The van der Waals surface area contributed by atoms with E-state index in [1.54, 1.807) is 11.3 Å². The van der Waals surface area contributed by atoms with Crippen molar-refractivity contribution in [1.29, 1.82) is 0 Å². The summed E-state index contributed by atoms with van der Waals surface area (Å²) in [5, 5.41) is 9.66. The largest absolute Gasteiger partial charge is 0.409 e. The van der Waals surface area contributed by atoms with Gasteiger partial charge in [-0.1, -0.05) is 13.5 Å². The monoisotopic (exact) mass is 327 g/mol. The molecule has 2 aromatic carbocycles. The molecule has 4 nitrogen and oxygen atoms in total. The van der Waals surface area contributed by atoms with Crippen LogP contribution < -0.4 is 9.47 Å². The predicted molar refractivity (Wildman–Crippen MR) is 99.4 cm³/mol. The lowest BCUT2D eigenvalue weighted by Crippen LogP contribution is -2.25. The second kappa shape index (κ2) is 6.87. The third-order valence-electron chi connectivity index (χ3n) is 3.58. The van der Waals surface area contributed by atoms with Crippen LogP contribution in [0, 0.1) is 6.92 Å². The van der Waals surface area contributed by atoms with Crippen LogP contribution in [0.5, 0.6) is 0 Å². The summed E-state index contributed by atoms with van der Waals surface area (Å²) in [5.74, 6) is 0. The quantitative estimate of drug-likeness (QED) is 0.483. The molecule has 0 bridgehead atoms. The molecule has 0 spiro atoms. The molecule has 0 fully saturated rings. The van der Waals surface area contributed by atoms with Crippen LogP contribution in [0.25, 0.3) is 10.2 Å². The second-order valence-corrected chi connectivity index (χ2v) is 6.53. The molecule has 0 aliphatic rings. The molecule has 3 rings (SSSR count). The molecule has 120 valence electrons. The van der Waals surface area contributed by atoms with Crippen LogP contribution in [-0.2, 0) is 7.05 Å². The molecule has 5 heteroatoms. The fourth-order valence-electron chi connectivity index (χ4n) is 2.26. The zero-order chi connectivity index (χ0) is 15.7. The highest BCUT2D eigenvalue weighted by Gasteiger charge is 2.15. The van der Waals surface area contributed by atoms with Crippen LogP contribution in [0.2, 0.25) is 0 Å². The van der Waals surface area contributed by atoms with Gasteiger partial charge in [-0.05, 0) is 65.3 Å². The Morgan fingerprint density at radius 2 is 1.70 bits per heavy atom. The summed E-state index contributed by atoms with van der Waals surface area (Å²) >= 11 is 1.66. The van der Waals surface area contributed by atoms with Crippen LogP contribution in [0.4, 0.5) is 16.5 Å². The van der Waals surface area contributed by atoms with Crippen molar-refractivity contribution >= 4 is 38.1 Å². The molecule has 0 radical (unpaired) electrons. The minimum absolute atomic E-state index is 0. The molecule has 1 aromatic heterocycles. The molecule has 0 unspecified atom stereocenters. The Bertz CT molecular complexity index is 832. The molecular formula is C18H23N4S+. The number of rotatable bonds is 3. The van der Waals surface area contributed by atoms with Gasteiger partial charge in [0.05, 0.1) is 16.9 Å². The Morgan fingerprint density at radius 1 is 1.00 bits per heavy atom. The van der Waals surface area contributed by atoms with E-state index in [-0.39, 0.29) is 7.43 Å². The number of aromatic nitrogens is 1. The Labute approximate surface area is 141 Å². The van der Waals surface area contributed by atoms with Crippen molar-refractivity contribution in [3.05, 3.63) is 48.0 Å². The third-order valence-corrected chi connectivity index (χ3v) is 4.67. The van der Waals surface area contributed by atoms with E-state index in [2.05, 4.69) is 44.8 Å². The summed E-state index contributed by atoms with van der Waals surface area (Å²) in [4.78, 5) is 2.06. The smallest absolute Gasteiger partial charge is 0.378 e. The van der Waals surface area contributed by atoms with Crippen molar-refractivity contribution in [2.75, 3.05) is 19.0 Å². The maximum Gasteiger partial charge on any atom is 0.409 e. The maximum atomic E-state index is 4.41. The van der Waals surface area contributed by atoms with Gasteiger partial charge in [0, 0.05) is 19.8 Å². The van der Waals surface area contributed by atoms with Crippen LogP contribution in [0.1, 0.15) is 13.0 Å². The van der Waals surface area contributed by atoms with E-state index >= 15 is 0 Å². The van der Waals surface area contributed by atoms with E-state index < -0.39 is 0 Å². The SMILES string of the molecule is C.Cc1ccc2c(c1)sc(N=Nc1ccc(N(C)C)cc1)[n+]2C. The summed E-state index contributed by atoms with van der Waals surface area (Å²) in [5.41, 5.74) is 4.46. The third kappa shape index (κ3) is 3.56. The van der Waals surface area contributed by atoms with Crippen molar-refractivity contribution < 1.29 is 4.57 Å². The van der Waals surface area contributed by atoms with Crippen molar-refractivity contribution in [2.24, 2.45) is 17.3 Å². The minimum atomic E-state index is 0. The summed E-state index contributed by atoms with van der Waals surface area (Å²) in [7, 11) is 6.07. The van der Waals surface area contributed by atoms with Gasteiger partial charge in [-0.2, -0.15) is 0 Å². The average Bonchev–Trinajstić information content (AvgIpc) is 2.81. The topological polar surface area (TPSA) is 31.8 Å². The molecule has 3 aromatic rings. The van der Waals surface area contributed by atoms with Crippen LogP contribution in [0.15, 0.2) is 52.7 Å². The summed E-state index contributed by atoms with van der Waals surface area (Å²) in [6.07, 6.45) is 0. The molecule has 0 N–H and O–H groups in total. The fourth-order valence-corrected chi connectivity index (χ4v) is 3.32. The molecule has 23 heavy (non-hydrogen) atoms.